The maximum atomic E-state index is 13.0. The molecule has 1 aromatic rings. The topological polar surface area (TPSA) is 9.23 Å². The number of halogens is 5. The van der Waals surface area contributed by atoms with Crippen LogP contribution in [0, 0.1) is 5.82 Å². The molecule has 0 aromatic heterocycles. The molecule has 0 amide bonds. The summed E-state index contributed by atoms with van der Waals surface area (Å²) in [6.45, 7) is 1.69. The van der Waals surface area contributed by atoms with Crippen molar-refractivity contribution in [2.75, 3.05) is 0 Å². The van der Waals surface area contributed by atoms with Gasteiger partial charge < -0.3 is 4.74 Å². The quantitative estimate of drug-likeness (QED) is 0.451. The van der Waals surface area contributed by atoms with Gasteiger partial charge >= 0.3 is 6.18 Å². The average molecular weight is 334 g/mol. The molecule has 0 saturated carbocycles. The first kappa shape index (κ1) is 12.5. The molecule has 1 atom stereocenters. The van der Waals surface area contributed by atoms with E-state index in [1.54, 1.807) is 6.92 Å². The van der Waals surface area contributed by atoms with Crippen LogP contribution in [0.2, 0.25) is 0 Å². The summed E-state index contributed by atoms with van der Waals surface area (Å²) in [7, 11) is 0. The van der Waals surface area contributed by atoms with Crippen LogP contribution in [0.3, 0.4) is 0 Å². The van der Waals surface area contributed by atoms with Crippen molar-refractivity contribution in [3.8, 4) is 5.75 Å². The van der Waals surface area contributed by atoms with E-state index in [1.165, 1.54) is 0 Å². The summed E-state index contributed by atoms with van der Waals surface area (Å²) in [5.41, 5.74) is -1.28. The molecule has 6 heteroatoms. The molecule has 0 radical (unpaired) electrons. The van der Waals surface area contributed by atoms with Gasteiger partial charge in [0.05, 0.1) is 5.56 Å². The minimum Gasteiger partial charge on any atom is -0.480 e. The third-order valence-electron chi connectivity index (χ3n) is 1.54. The zero-order valence-corrected chi connectivity index (χ0v) is 9.76. The summed E-state index contributed by atoms with van der Waals surface area (Å²) in [4.78, 5) is 0. The van der Waals surface area contributed by atoms with E-state index in [4.69, 9.17) is 4.74 Å². The maximum absolute atomic E-state index is 13.0. The van der Waals surface area contributed by atoms with Crippen LogP contribution in [0.25, 0.3) is 0 Å². The molecule has 1 unspecified atom stereocenters. The molecule has 15 heavy (non-hydrogen) atoms. The second kappa shape index (κ2) is 4.54. The second-order valence-corrected chi connectivity index (χ2v) is 4.55. The lowest BCUT2D eigenvalue weighted by molar-refractivity contribution is -0.140. The smallest absolute Gasteiger partial charge is 0.419 e. The monoisotopic (exact) mass is 334 g/mol. The lowest BCUT2D eigenvalue weighted by Gasteiger charge is -2.11. The van der Waals surface area contributed by atoms with Gasteiger partial charge in [-0.25, -0.2) is 4.39 Å². The Kier molecular flexibility index (Phi) is 3.80. The fourth-order valence-corrected chi connectivity index (χ4v) is 1.28. The molecule has 1 aromatic carbocycles. The minimum atomic E-state index is -4.67. The van der Waals surface area contributed by atoms with Crippen molar-refractivity contribution in [3.63, 3.8) is 0 Å². The van der Waals surface area contributed by atoms with Gasteiger partial charge in [0.25, 0.3) is 0 Å². The molecule has 0 bridgehead atoms. The summed E-state index contributed by atoms with van der Waals surface area (Å²) >= 11 is 1.92. The third kappa shape index (κ3) is 3.51. The largest absolute Gasteiger partial charge is 0.480 e. The van der Waals surface area contributed by atoms with Crippen LogP contribution < -0.4 is 4.74 Å². The SMILES string of the molecule is CC(I)Oc1ccc(C(F)(F)F)c(F)c1. The summed E-state index contributed by atoms with van der Waals surface area (Å²) < 4.78 is 54.3. The molecular weight excluding hydrogens is 327 g/mol. The van der Waals surface area contributed by atoms with Crippen LogP contribution in [-0.2, 0) is 6.18 Å². The highest BCUT2D eigenvalue weighted by Crippen LogP contribution is 2.33. The van der Waals surface area contributed by atoms with E-state index in [2.05, 4.69) is 0 Å². The van der Waals surface area contributed by atoms with Crippen molar-refractivity contribution in [2.24, 2.45) is 0 Å². The van der Waals surface area contributed by atoms with E-state index in [0.29, 0.717) is 6.07 Å². The van der Waals surface area contributed by atoms with Crippen molar-refractivity contribution in [2.45, 2.75) is 17.2 Å². The Bertz CT molecular complexity index is 348. The molecular formula is C9H7F4IO. The predicted octanol–water partition coefficient (Wildman–Crippen LogP) is 4.00. The standard InChI is InChI=1S/C9H7F4IO/c1-5(14)15-6-2-3-7(8(10)4-6)9(11,12)13/h2-5H,1H3. The summed E-state index contributed by atoms with van der Waals surface area (Å²) in [6, 6.07) is 2.50. The molecule has 1 rings (SSSR count). The normalized spacial score (nSPS) is 13.7. The van der Waals surface area contributed by atoms with E-state index in [9.17, 15) is 17.6 Å². The fourth-order valence-electron chi connectivity index (χ4n) is 0.987. The molecule has 0 saturated heterocycles. The highest BCUT2D eigenvalue weighted by atomic mass is 127. The number of benzene rings is 1. The van der Waals surface area contributed by atoms with E-state index in [1.807, 2.05) is 22.6 Å². The Balaban J connectivity index is 2.99. The first-order chi connectivity index (χ1) is 6.80. The molecule has 0 aliphatic rings. The zero-order valence-electron chi connectivity index (χ0n) is 7.61. The summed E-state index contributed by atoms with van der Waals surface area (Å²) in [5, 5.41) is 0. The van der Waals surface area contributed by atoms with Gasteiger partial charge in [0.2, 0.25) is 0 Å². The second-order valence-electron chi connectivity index (χ2n) is 2.80. The van der Waals surface area contributed by atoms with Gasteiger partial charge in [0.15, 0.2) is 0 Å². The lowest BCUT2D eigenvalue weighted by Crippen LogP contribution is -2.09. The number of hydrogen-bond acceptors (Lipinski definition) is 1. The Morgan fingerprint density at radius 3 is 2.33 bits per heavy atom. The van der Waals surface area contributed by atoms with Gasteiger partial charge in [-0.3, -0.25) is 0 Å². The van der Waals surface area contributed by atoms with E-state index in [0.717, 1.165) is 12.1 Å². The Morgan fingerprint density at radius 1 is 1.33 bits per heavy atom. The molecule has 1 nitrogen and oxygen atoms in total. The summed E-state index contributed by atoms with van der Waals surface area (Å²) in [5.74, 6) is -1.24. The molecule has 0 heterocycles. The molecule has 0 N–H and O–H groups in total. The van der Waals surface area contributed by atoms with Crippen LogP contribution >= 0.6 is 22.6 Å². The predicted molar refractivity (Wildman–Crippen MR) is 55.5 cm³/mol. The van der Waals surface area contributed by atoms with E-state index < -0.39 is 17.6 Å². The zero-order chi connectivity index (χ0) is 11.6. The van der Waals surface area contributed by atoms with Crippen molar-refractivity contribution in [3.05, 3.63) is 29.6 Å². The first-order valence-corrected chi connectivity index (χ1v) is 5.22. The van der Waals surface area contributed by atoms with Crippen molar-refractivity contribution in [1.82, 2.24) is 0 Å². The van der Waals surface area contributed by atoms with Crippen molar-refractivity contribution < 1.29 is 22.3 Å². The van der Waals surface area contributed by atoms with Gasteiger partial charge in [-0.2, -0.15) is 13.2 Å². The first-order valence-electron chi connectivity index (χ1n) is 3.98. The van der Waals surface area contributed by atoms with Gasteiger partial charge in [0, 0.05) is 6.07 Å². The van der Waals surface area contributed by atoms with Crippen LogP contribution in [0.5, 0.6) is 5.75 Å². The van der Waals surface area contributed by atoms with E-state index in [-0.39, 0.29) is 9.86 Å². The minimum absolute atomic E-state index is 0.0856. The van der Waals surface area contributed by atoms with Gasteiger partial charge in [0.1, 0.15) is 15.7 Å². The number of alkyl halides is 4. The molecule has 84 valence electrons. The fraction of sp³-hybridized carbons (Fsp3) is 0.333. The number of rotatable bonds is 2. The Hall–Kier alpha value is -0.530. The third-order valence-corrected chi connectivity index (χ3v) is 1.80. The number of ether oxygens (including phenoxy) is 1. The molecule has 0 spiro atoms. The van der Waals surface area contributed by atoms with E-state index >= 15 is 0 Å². The Morgan fingerprint density at radius 2 is 1.93 bits per heavy atom. The van der Waals surface area contributed by atoms with Crippen LogP contribution in [0.15, 0.2) is 18.2 Å². The Labute approximate surface area is 97.6 Å². The van der Waals surface area contributed by atoms with Crippen molar-refractivity contribution >= 4 is 22.6 Å². The maximum Gasteiger partial charge on any atom is 0.419 e. The van der Waals surface area contributed by atoms with Crippen LogP contribution in [0.4, 0.5) is 17.6 Å². The van der Waals surface area contributed by atoms with Gasteiger partial charge in [-0.1, -0.05) is 0 Å². The number of hydrogen-bond donors (Lipinski definition) is 0. The summed E-state index contributed by atoms with van der Waals surface area (Å²) in [6.07, 6.45) is -4.67. The molecule has 0 aliphatic heterocycles. The highest BCUT2D eigenvalue weighted by molar-refractivity contribution is 14.1. The van der Waals surface area contributed by atoms with Crippen LogP contribution in [0.1, 0.15) is 12.5 Å². The lowest BCUT2D eigenvalue weighted by atomic mass is 10.2. The molecule has 0 fully saturated rings. The molecule has 0 aliphatic carbocycles. The average Bonchev–Trinajstić information content (AvgIpc) is 1.99. The van der Waals surface area contributed by atoms with Crippen LogP contribution in [-0.4, -0.2) is 4.11 Å². The van der Waals surface area contributed by atoms with Crippen molar-refractivity contribution in [1.29, 1.82) is 0 Å². The van der Waals surface area contributed by atoms with Gasteiger partial charge in [-0.05, 0) is 41.6 Å². The van der Waals surface area contributed by atoms with Gasteiger partial charge in [-0.15, -0.1) is 0 Å². The highest BCUT2D eigenvalue weighted by Gasteiger charge is 2.34.